The van der Waals surface area contributed by atoms with E-state index in [1.54, 1.807) is 41.1 Å². The zero-order valence-electron chi connectivity index (χ0n) is 15.6. The van der Waals surface area contributed by atoms with Crippen LogP contribution in [0.5, 0.6) is 5.75 Å². The monoisotopic (exact) mass is 418 g/mol. The molecule has 1 N–H and O–H groups in total. The van der Waals surface area contributed by atoms with Crippen LogP contribution in [0.1, 0.15) is 12.5 Å². The second kappa shape index (κ2) is 7.76. The summed E-state index contributed by atoms with van der Waals surface area (Å²) in [6, 6.07) is 8.22. The van der Waals surface area contributed by atoms with Crippen LogP contribution in [0.2, 0.25) is 5.02 Å². The van der Waals surface area contributed by atoms with Gasteiger partial charge in [0, 0.05) is 37.5 Å². The summed E-state index contributed by atoms with van der Waals surface area (Å²) in [7, 11) is 1.50. The number of ether oxygens (including phenoxy) is 2. The number of hydrogen-bond acceptors (Lipinski definition) is 5. The van der Waals surface area contributed by atoms with E-state index in [-0.39, 0.29) is 25.1 Å². The van der Waals surface area contributed by atoms with E-state index in [1.165, 1.54) is 16.6 Å². The van der Waals surface area contributed by atoms with Crippen LogP contribution in [0.15, 0.2) is 41.3 Å². The summed E-state index contributed by atoms with van der Waals surface area (Å²) in [4.78, 5) is 30.5. The number of methoxy groups -OCH3 is 1. The third kappa shape index (κ3) is 3.43. The number of pyridine rings is 1. The second-order valence-electron chi connectivity index (χ2n) is 6.67. The summed E-state index contributed by atoms with van der Waals surface area (Å²) in [5.41, 5.74) is 1.26. The number of carboxylic acid groups (broad SMARTS) is 1. The minimum absolute atomic E-state index is 0.00478. The van der Waals surface area contributed by atoms with E-state index in [2.05, 4.69) is 4.98 Å². The lowest BCUT2D eigenvalue weighted by atomic mass is 10.2. The average Bonchev–Trinajstić information content (AvgIpc) is 3.29. The number of rotatable bonds is 5. The van der Waals surface area contributed by atoms with Gasteiger partial charge < -0.3 is 19.5 Å². The standard InChI is InChI=1S/C19H19ClN4O5/c1-28-11-29-16-9-12(20)4-5-14(16)24-15-3-2-7-21-17(15)23(18(24)25)13-6-8-22(10-13)19(26)27/h2-5,7,9,13H,6,8,10-11H2,1H3,(H,26,27)/t13-/m0/s1. The molecule has 0 unspecified atom stereocenters. The Balaban J connectivity index is 1.89. The first-order chi connectivity index (χ1) is 14.0. The molecular formula is C19H19ClN4O5. The quantitative estimate of drug-likeness (QED) is 0.640. The Kier molecular flexibility index (Phi) is 5.16. The normalized spacial score (nSPS) is 16.5. The molecule has 1 aliphatic heterocycles. The molecule has 152 valence electrons. The fraction of sp³-hybridized carbons (Fsp3) is 0.316. The maximum Gasteiger partial charge on any atom is 0.407 e. The first-order valence-electron chi connectivity index (χ1n) is 8.98. The predicted octanol–water partition coefficient (Wildman–Crippen LogP) is 2.75. The zero-order chi connectivity index (χ0) is 20.5. The number of nitrogens with zero attached hydrogens (tertiary/aromatic N) is 4. The van der Waals surface area contributed by atoms with Crippen molar-refractivity contribution in [3.8, 4) is 11.4 Å². The molecule has 0 aliphatic carbocycles. The third-order valence-electron chi connectivity index (χ3n) is 4.93. The Bertz CT molecular complexity index is 1130. The summed E-state index contributed by atoms with van der Waals surface area (Å²) in [6.07, 6.45) is 1.15. The number of likely N-dealkylation sites (tertiary alicyclic amines) is 1. The van der Waals surface area contributed by atoms with Gasteiger partial charge in [0.05, 0.1) is 17.2 Å². The number of carbonyl (C=O) groups is 1. The number of halogens is 1. The van der Waals surface area contributed by atoms with Gasteiger partial charge in [-0.05, 0) is 30.7 Å². The molecule has 1 aromatic carbocycles. The van der Waals surface area contributed by atoms with E-state index in [4.69, 9.17) is 21.1 Å². The van der Waals surface area contributed by atoms with E-state index < -0.39 is 6.09 Å². The van der Waals surface area contributed by atoms with Crippen molar-refractivity contribution in [2.75, 3.05) is 27.0 Å². The molecule has 0 bridgehead atoms. The van der Waals surface area contributed by atoms with Gasteiger partial charge in [-0.1, -0.05) is 11.6 Å². The smallest absolute Gasteiger partial charge is 0.407 e. The lowest BCUT2D eigenvalue weighted by Gasteiger charge is -2.13. The second-order valence-corrected chi connectivity index (χ2v) is 7.10. The number of benzene rings is 1. The zero-order valence-corrected chi connectivity index (χ0v) is 16.4. The van der Waals surface area contributed by atoms with E-state index in [1.807, 2.05) is 0 Å². The Morgan fingerprint density at radius 1 is 1.38 bits per heavy atom. The van der Waals surface area contributed by atoms with Gasteiger partial charge in [0.2, 0.25) is 0 Å². The van der Waals surface area contributed by atoms with Crippen LogP contribution in [0.4, 0.5) is 4.79 Å². The SMILES string of the molecule is COCOc1cc(Cl)ccc1-n1c(=O)n([C@H]2CCN(C(=O)O)C2)c2ncccc21. The van der Waals surface area contributed by atoms with E-state index in [0.717, 1.165) is 0 Å². The topological polar surface area (TPSA) is 98.8 Å². The summed E-state index contributed by atoms with van der Waals surface area (Å²) < 4.78 is 13.7. The molecular weight excluding hydrogens is 400 g/mol. The van der Waals surface area contributed by atoms with Gasteiger partial charge in [0.15, 0.2) is 12.4 Å². The Hall–Kier alpha value is -3.04. The first kappa shape index (κ1) is 19.3. The highest BCUT2D eigenvalue weighted by atomic mass is 35.5. The van der Waals surface area contributed by atoms with Crippen LogP contribution in [-0.4, -0.2) is 57.2 Å². The number of hydrogen-bond donors (Lipinski definition) is 1. The number of fused-ring (bicyclic) bond motifs is 1. The fourth-order valence-electron chi connectivity index (χ4n) is 3.65. The Labute approximate surface area is 170 Å². The van der Waals surface area contributed by atoms with Crippen molar-refractivity contribution >= 4 is 28.9 Å². The molecule has 3 heterocycles. The van der Waals surface area contributed by atoms with E-state index >= 15 is 0 Å². The molecule has 0 saturated carbocycles. The molecule has 2 aromatic heterocycles. The highest BCUT2D eigenvalue weighted by Crippen LogP contribution is 2.30. The lowest BCUT2D eigenvalue weighted by molar-refractivity contribution is 0.0511. The van der Waals surface area contributed by atoms with E-state index in [9.17, 15) is 14.7 Å². The summed E-state index contributed by atoms with van der Waals surface area (Å²) >= 11 is 6.11. The van der Waals surface area contributed by atoms with Crippen molar-refractivity contribution < 1.29 is 19.4 Å². The minimum atomic E-state index is -0.995. The maximum atomic E-state index is 13.5. The number of aromatic nitrogens is 3. The van der Waals surface area contributed by atoms with Gasteiger partial charge in [-0.15, -0.1) is 0 Å². The van der Waals surface area contributed by atoms with Crippen LogP contribution in [0.25, 0.3) is 16.9 Å². The van der Waals surface area contributed by atoms with Gasteiger partial charge in [0.1, 0.15) is 5.75 Å². The minimum Gasteiger partial charge on any atom is -0.465 e. The Morgan fingerprint density at radius 2 is 2.21 bits per heavy atom. The van der Waals surface area contributed by atoms with Crippen molar-refractivity contribution in [2.24, 2.45) is 0 Å². The molecule has 1 saturated heterocycles. The van der Waals surface area contributed by atoms with Crippen LogP contribution in [-0.2, 0) is 4.74 Å². The first-order valence-corrected chi connectivity index (χ1v) is 9.36. The van der Waals surface area contributed by atoms with E-state index in [0.29, 0.717) is 40.6 Å². The largest absolute Gasteiger partial charge is 0.465 e. The highest BCUT2D eigenvalue weighted by Gasteiger charge is 2.31. The fourth-order valence-corrected chi connectivity index (χ4v) is 3.81. The third-order valence-corrected chi connectivity index (χ3v) is 5.16. The van der Waals surface area contributed by atoms with Crippen molar-refractivity contribution in [3.63, 3.8) is 0 Å². The van der Waals surface area contributed by atoms with Crippen LogP contribution in [0, 0.1) is 0 Å². The van der Waals surface area contributed by atoms with Crippen LogP contribution in [0.3, 0.4) is 0 Å². The van der Waals surface area contributed by atoms with Crippen molar-refractivity contribution in [1.82, 2.24) is 19.0 Å². The van der Waals surface area contributed by atoms with Gasteiger partial charge in [-0.2, -0.15) is 0 Å². The van der Waals surface area contributed by atoms with Crippen LogP contribution < -0.4 is 10.4 Å². The summed E-state index contributed by atoms with van der Waals surface area (Å²) in [5.74, 6) is 0.392. The molecule has 0 radical (unpaired) electrons. The highest BCUT2D eigenvalue weighted by molar-refractivity contribution is 6.30. The summed E-state index contributed by atoms with van der Waals surface area (Å²) in [5, 5.41) is 9.73. The molecule has 1 fully saturated rings. The average molecular weight is 419 g/mol. The molecule has 0 spiro atoms. The predicted molar refractivity (Wildman–Crippen MR) is 106 cm³/mol. The van der Waals surface area contributed by atoms with Gasteiger partial charge in [-0.3, -0.25) is 9.13 Å². The molecule has 3 aromatic rings. The number of imidazole rings is 1. The van der Waals surface area contributed by atoms with Crippen LogP contribution >= 0.6 is 11.6 Å². The molecule has 29 heavy (non-hydrogen) atoms. The molecule has 4 rings (SSSR count). The van der Waals surface area contributed by atoms with Gasteiger partial charge in [0.25, 0.3) is 0 Å². The lowest BCUT2D eigenvalue weighted by Crippen LogP contribution is -2.31. The molecule has 1 amide bonds. The molecule has 10 heteroatoms. The van der Waals surface area contributed by atoms with Gasteiger partial charge >= 0.3 is 11.8 Å². The number of amides is 1. The van der Waals surface area contributed by atoms with Crippen molar-refractivity contribution in [2.45, 2.75) is 12.5 Å². The molecule has 1 atom stereocenters. The van der Waals surface area contributed by atoms with Gasteiger partial charge in [-0.25, -0.2) is 14.6 Å². The molecule has 9 nitrogen and oxygen atoms in total. The van der Waals surface area contributed by atoms with Crippen molar-refractivity contribution in [3.05, 3.63) is 52.0 Å². The van der Waals surface area contributed by atoms with Crippen molar-refractivity contribution in [1.29, 1.82) is 0 Å². The Morgan fingerprint density at radius 3 is 2.93 bits per heavy atom. The maximum absolute atomic E-state index is 13.5. The molecule has 1 aliphatic rings. The summed E-state index contributed by atoms with van der Waals surface area (Å²) in [6.45, 7) is 0.600.